The third-order valence-corrected chi connectivity index (χ3v) is 5.67. The van der Waals surface area contributed by atoms with Gasteiger partial charge in [0.15, 0.2) is 5.16 Å². The van der Waals surface area contributed by atoms with Crippen molar-refractivity contribution in [1.29, 1.82) is 0 Å². The molecular formula is C23H19N3O3S. The molecule has 0 aliphatic rings. The highest BCUT2D eigenvalue weighted by Gasteiger charge is 2.16. The van der Waals surface area contributed by atoms with Crippen LogP contribution in [0, 0.1) is 10.1 Å². The first-order chi connectivity index (χ1) is 14.6. The van der Waals surface area contributed by atoms with Crippen LogP contribution in [0.5, 0.6) is 0 Å². The van der Waals surface area contributed by atoms with Gasteiger partial charge in [0.1, 0.15) is 0 Å². The molecule has 0 spiro atoms. The van der Waals surface area contributed by atoms with Crippen LogP contribution in [-0.2, 0) is 0 Å². The van der Waals surface area contributed by atoms with Gasteiger partial charge in [-0.15, -0.1) is 0 Å². The van der Waals surface area contributed by atoms with Gasteiger partial charge in [-0.25, -0.2) is 4.98 Å². The number of aliphatic hydroxyl groups excluding tert-OH is 1. The molecule has 30 heavy (non-hydrogen) atoms. The first-order valence-corrected chi connectivity index (χ1v) is 10.4. The second-order valence-electron chi connectivity index (χ2n) is 6.66. The Balaban J connectivity index is 1.58. The van der Waals surface area contributed by atoms with Crippen LogP contribution in [0.3, 0.4) is 0 Å². The van der Waals surface area contributed by atoms with Gasteiger partial charge >= 0.3 is 0 Å². The molecule has 4 aromatic rings. The topological polar surface area (TPSA) is 81.2 Å². The fourth-order valence-corrected chi connectivity index (χ4v) is 4.01. The van der Waals surface area contributed by atoms with Crippen LogP contribution < -0.4 is 0 Å². The molecule has 0 saturated carbocycles. The lowest BCUT2D eigenvalue weighted by molar-refractivity contribution is -0.384. The van der Waals surface area contributed by atoms with Crippen LogP contribution in [0.15, 0.2) is 96.3 Å². The molecule has 1 aromatic heterocycles. The number of nitrogens with zero attached hydrogens (tertiary/aromatic N) is 3. The number of nitro groups is 1. The van der Waals surface area contributed by atoms with E-state index in [1.54, 1.807) is 12.1 Å². The Labute approximate surface area is 178 Å². The predicted molar refractivity (Wildman–Crippen MR) is 118 cm³/mol. The summed E-state index contributed by atoms with van der Waals surface area (Å²) in [6, 6.07) is 25.8. The molecule has 0 amide bonds. The van der Waals surface area contributed by atoms with Crippen molar-refractivity contribution in [2.45, 2.75) is 11.3 Å². The number of aromatic nitrogens is 2. The lowest BCUT2D eigenvalue weighted by Crippen LogP contribution is -2.03. The van der Waals surface area contributed by atoms with Crippen LogP contribution in [0.25, 0.3) is 16.9 Å². The molecule has 1 atom stereocenters. The number of imidazole rings is 1. The number of hydrogen-bond acceptors (Lipinski definition) is 5. The van der Waals surface area contributed by atoms with E-state index in [1.807, 2.05) is 71.4 Å². The highest BCUT2D eigenvalue weighted by atomic mass is 32.2. The van der Waals surface area contributed by atoms with E-state index in [9.17, 15) is 15.2 Å². The van der Waals surface area contributed by atoms with E-state index in [1.165, 1.54) is 23.9 Å². The smallest absolute Gasteiger partial charge is 0.269 e. The van der Waals surface area contributed by atoms with Crippen molar-refractivity contribution in [2.75, 3.05) is 5.75 Å². The third kappa shape index (κ3) is 4.42. The second kappa shape index (κ2) is 8.94. The molecule has 3 aromatic carbocycles. The minimum Gasteiger partial charge on any atom is -0.388 e. The third-order valence-electron chi connectivity index (χ3n) is 4.64. The van der Waals surface area contributed by atoms with Crippen molar-refractivity contribution in [3.05, 3.63) is 107 Å². The summed E-state index contributed by atoms with van der Waals surface area (Å²) in [6.45, 7) is 0. The molecule has 0 bridgehead atoms. The Kier molecular flexibility index (Phi) is 5.92. The predicted octanol–water partition coefficient (Wildman–Crippen LogP) is 5.27. The maximum absolute atomic E-state index is 10.8. The lowest BCUT2D eigenvalue weighted by atomic mass is 10.1. The molecule has 0 aliphatic heterocycles. The normalized spacial score (nSPS) is 11.9. The number of non-ortho nitro benzene ring substituents is 1. The molecule has 150 valence electrons. The van der Waals surface area contributed by atoms with Gasteiger partial charge < -0.3 is 5.11 Å². The molecule has 6 nitrogen and oxygen atoms in total. The Morgan fingerprint density at radius 2 is 1.60 bits per heavy atom. The second-order valence-corrected chi connectivity index (χ2v) is 7.64. The van der Waals surface area contributed by atoms with E-state index >= 15 is 0 Å². The Morgan fingerprint density at radius 3 is 2.23 bits per heavy atom. The molecule has 1 N–H and O–H groups in total. The van der Waals surface area contributed by atoms with Crippen LogP contribution in [-0.4, -0.2) is 25.3 Å². The zero-order valence-electron chi connectivity index (χ0n) is 16.0. The summed E-state index contributed by atoms with van der Waals surface area (Å²) in [7, 11) is 0. The Morgan fingerprint density at radius 1 is 0.967 bits per heavy atom. The average Bonchev–Trinajstić information content (AvgIpc) is 3.23. The van der Waals surface area contributed by atoms with Gasteiger partial charge in [0.2, 0.25) is 0 Å². The summed E-state index contributed by atoms with van der Waals surface area (Å²) in [5.41, 5.74) is 3.50. The summed E-state index contributed by atoms with van der Waals surface area (Å²) < 4.78 is 2.01. The van der Waals surface area contributed by atoms with Gasteiger partial charge in [-0.05, 0) is 29.8 Å². The molecule has 0 aliphatic carbocycles. The van der Waals surface area contributed by atoms with Crippen LogP contribution in [0.2, 0.25) is 0 Å². The van der Waals surface area contributed by atoms with Crippen molar-refractivity contribution in [1.82, 2.24) is 9.55 Å². The Hall–Kier alpha value is -3.42. The zero-order chi connectivity index (χ0) is 20.9. The minimum absolute atomic E-state index is 0.00530. The van der Waals surface area contributed by atoms with Gasteiger partial charge in [0, 0.05) is 35.3 Å². The van der Waals surface area contributed by atoms with E-state index in [-0.39, 0.29) is 5.69 Å². The van der Waals surface area contributed by atoms with Crippen LogP contribution >= 0.6 is 11.8 Å². The molecule has 0 radical (unpaired) electrons. The Bertz CT molecular complexity index is 1130. The summed E-state index contributed by atoms with van der Waals surface area (Å²) in [6.07, 6.45) is 1.22. The van der Waals surface area contributed by atoms with Gasteiger partial charge in [-0.2, -0.15) is 0 Å². The van der Waals surface area contributed by atoms with Gasteiger partial charge in [0.05, 0.1) is 16.7 Å². The molecule has 7 heteroatoms. The molecule has 4 rings (SSSR count). The van der Waals surface area contributed by atoms with E-state index in [0.717, 1.165) is 22.1 Å². The first kappa shape index (κ1) is 19.9. The lowest BCUT2D eigenvalue weighted by Gasteiger charge is -2.11. The highest BCUT2D eigenvalue weighted by molar-refractivity contribution is 7.99. The maximum atomic E-state index is 10.8. The number of benzene rings is 3. The van der Waals surface area contributed by atoms with Gasteiger partial charge in [0.25, 0.3) is 5.69 Å². The number of para-hydroxylation sites is 1. The molecule has 1 unspecified atom stereocenters. The number of rotatable bonds is 7. The molecule has 1 heterocycles. The molecule has 0 saturated heterocycles. The summed E-state index contributed by atoms with van der Waals surface area (Å²) in [5.74, 6) is 0.371. The first-order valence-electron chi connectivity index (χ1n) is 9.37. The van der Waals surface area contributed by atoms with E-state index in [4.69, 9.17) is 4.98 Å². The monoisotopic (exact) mass is 417 g/mol. The average molecular weight is 417 g/mol. The fraction of sp³-hybridized carbons (Fsp3) is 0.0870. The van der Waals surface area contributed by atoms with E-state index in [2.05, 4.69) is 0 Å². The number of hydrogen-bond donors (Lipinski definition) is 1. The maximum Gasteiger partial charge on any atom is 0.269 e. The van der Waals surface area contributed by atoms with Crippen LogP contribution in [0.1, 0.15) is 11.7 Å². The fourth-order valence-electron chi connectivity index (χ4n) is 3.05. The van der Waals surface area contributed by atoms with Crippen molar-refractivity contribution in [3.8, 4) is 16.9 Å². The number of aliphatic hydroxyl groups is 1. The number of thioether (sulfide) groups is 1. The van der Waals surface area contributed by atoms with Gasteiger partial charge in [-0.3, -0.25) is 14.7 Å². The standard InChI is InChI=1S/C23H19N3O3S/c27-22(18-11-13-20(14-12-18)26(28)29)16-30-23-24-21(17-7-3-1-4-8-17)15-25(23)19-9-5-2-6-10-19/h1-15,22,27H,16H2. The van der Waals surface area contributed by atoms with Gasteiger partial charge in [-0.1, -0.05) is 60.3 Å². The van der Waals surface area contributed by atoms with Crippen LogP contribution in [0.4, 0.5) is 5.69 Å². The quantitative estimate of drug-likeness (QED) is 0.252. The van der Waals surface area contributed by atoms with E-state index in [0.29, 0.717) is 11.3 Å². The van der Waals surface area contributed by atoms with Crippen molar-refractivity contribution >= 4 is 17.4 Å². The molecular weight excluding hydrogens is 398 g/mol. The van der Waals surface area contributed by atoms with Crippen molar-refractivity contribution in [2.24, 2.45) is 0 Å². The zero-order valence-corrected chi connectivity index (χ0v) is 16.8. The minimum atomic E-state index is -0.767. The summed E-state index contributed by atoms with van der Waals surface area (Å²) in [4.78, 5) is 15.1. The summed E-state index contributed by atoms with van der Waals surface area (Å²) >= 11 is 1.44. The highest BCUT2D eigenvalue weighted by Crippen LogP contribution is 2.30. The van der Waals surface area contributed by atoms with E-state index < -0.39 is 11.0 Å². The van der Waals surface area contributed by atoms with Crippen molar-refractivity contribution < 1.29 is 10.0 Å². The molecule has 0 fully saturated rings. The largest absolute Gasteiger partial charge is 0.388 e. The number of nitro benzene ring substituents is 1. The SMILES string of the molecule is O=[N+]([O-])c1ccc(C(O)CSc2nc(-c3ccccc3)cn2-c2ccccc2)cc1. The van der Waals surface area contributed by atoms with Crippen molar-refractivity contribution in [3.63, 3.8) is 0 Å². The summed E-state index contributed by atoms with van der Waals surface area (Å²) in [5, 5.41) is 22.1.